The zero-order chi connectivity index (χ0) is 10.0. The molecule has 0 amide bonds. The number of benzene rings is 1. The highest BCUT2D eigenvalue weighted by atomic mass is 79.9. The van der Waals surface area contributed by atoms with E-state index in [4.69, 9.17) is 5.11 Å². The molecule has 0 spiro atoms. The first kappa shape index (κ1) is 13.5. The third-order valence-electron chi connectivity index (χ3n) is 1.99. The number of aryl methyl sites for hydroxylation is 2. The summed E-state index contributed by atoms with van der Waals surface area (Å²) in [6, 6.07) is 3.87. The molecule has 0 aliphatic carbocycles. The first-order valence-electron chi connectivity index (χ1n) is 3.98. The van der Waals surface area contributed by atoms with E-state index in [0.717, 1.165) is 21.2 Å². The predicted octanol–water partition coefficient (Wildman–Crippen LogP) is 3.11. The molecule has 0 atom stereocenters. The van der Waals surface area contributed by atoms with Gasteiger partial charge in [-0.05, 0) is 42.7 Å². The van der Waals surface area contributed by atoms with Crippen molar-refractivity contribution in [1.29, 1.82) is 0 Å². The van der Waals surface area contributed by atoms with Crippen LogP contribution < -0.4 is 0 Å². The second-order valence-electron chi connectivity index (χ2n) is 3.09. The van der Waals surface area contributed by atoms with Crippen LogP contribution in [-0.4, -0.2) is 11.1 Å². The molecule has 0 aromatic heterocycles. The first-order chi connectivity index (χ1) is 6.00. The second-order valence-corrected chi connectivity index (χ2v) is 4.00. The number of hydrogen-bond acceptors (Lipinski definition) is 1. The van der Waals surface area contributed by atoms with Crippen LogP contribution in [0.1, 0.15) is 16.7 Å². The van der Waals surface area contributed by atoms with Crippen molar-refractivity contribution in [2.75, 3.05) is 0 Å². The molecule has 1 aromatic carbocycles. The Balaban J connectivity index is 0.00000169. The van der Waals surface area contributed by atoms with E-state index in [1.165, 1.54) is 0 Å². The Morgan fingerprint density at radius 3 is 2.14 bits per heavy atom. The largest absolute Gasteiger partial charge is 0.481 e. The fourth-order valence-electron chi connectivity index (χ4n) is 1.37. The van der Waals surface area contributed by atoms with Crippen LogP contribution >= 0.6 is 28.3 Å². The van der Waals surface area contributed by atoms with Gasteiger partial charge in [-0.3, -0.25) is 4.79 Å². The topological polar surface area (TPSA) is 37.3 Å². The molecule has 14 heavy (non-hydrogen) atoms. The Morgan fingerprint density at radius 2 is 1.79 bits per heavy atom. The Hall–Kier alpha value is -0.540. The van der Waals surface area contributed by atoms with Gasteiger partial charge in [0.25, 0.3) is 0 Å². The maximum Gasteiger partial charge on any atom is 0.307 e. The molecule has 0 saturated heterocycles. The van der Waals surface area contributed by atoms with Crippen molar-refractivity contribution in [2.45, 2.75) is 20.3 Å². The van der Waals surface area contributed by atoms with Gasteiger partial charge in [0.2, 0.25) is 0 Å². The lowest BCUT2D eigenvalue weighted by molar-refractivity contribution is -0.136. The molecular formula is C10H12BrClO2. The molecule has 2 nitrogen and oxygen atoms in total. The van der Waals surface area contributed by atoms with Crippen molar-refractivity contribution in [3.8, 4) is 0 Å². The molecule has 1 N–H and O–H groups in total. The second kappa shape index (κ2) is 5.37. The highest BCUT2D eigenvalue weighted by molar-refractivity contribution is 9.10. The zero-order valence-corrected chi connectivity index (χ0v) is 10.4. The molecule has 1 aromatic rings. The lowest BCUT2D eigenvalue weighted by Crippen LogP contribution is -2.04. The van der Waals surface area contributed by atoms with Gasteiger partial charge in [0.15, 0.2) is 0 Å². The highest BCUT2D eigenvalue weighted by Crippen LogP contribution is 2.20. The van der Waals surface area contributed by atoms with Crippen molar-refractivity contribution < 1.29 is 9.90 Å². The van der Waals surface area contributed by atoms with E-state index < -0.39 is 5.97 Å². The summed E-state index contributed by atoms with van der Waals surface area (Å²) in [6.45, 7) is 3.85. The van der Waals surface area contributed by atoms with Gasteiger partial charge in [-0.2, -0.15) is 0 Å². The summed E-state index contributed by atoms with van der Waals surface area (Å²) in [4.78, 5) is 10.5. The van der Waals surface area contributed by atoms with E-state index in [1.54, 1.807) is 0 Å². The van der Waals surface area contributed by atoms with Crippen molar-refractivity contribution in [3.05, 3.63) is 33.3 Å². The smallest absolute Gasteiger partial charge is 0.307 e. The zero-order valence-electron chi connectivity index (χ0n) is 8.00. The van der Waals surface area contributed by atoms with Gasteiger partial charge in [-0.25, -0.2) is 0 Å². The Kier molecular flexibility index (Phi) is 5.16. The monoisotopic (exact) mass is 278 g/mol. The van der Waals surface area contributed by atoms with Gasteiger partial charge < -0.3 is 5.11 Å². The van der Waals surface area contributed by atoms with E-state index in [2.05, 4.69) is 15.9 Å². The summed E-state index contributed by atoms with van der Waals surface area (Å²) >= 11 is 3.37. The van der Waals surface area contributed by atoms with Crippen LogP contribution in [0.4, 0.5) is 0 Å². The Bertz CT molecular complexity index is 327. The number of carboxylic acids is 1. The van der Waals surface area contributed by atoms with Crippen molar-refractivity contribution in [2.24, 2.45) is 0 Å². The van der Waals surface area contributed by atoms with Gasteiger partial charge in [-0.1, -0.05) is 15.9 Å². The minimum atomic E-state index is -0.784. The highest BCUT2D eigenvalue weighted by Gasteiger charge is 2.07. The summed E-state index contributed by atoms with van der Waals surface area (Å²) in [5, 5.41) is 8.67. The summed E-state index contributed by atoms with van der Waals surface area (Å²) in [5.41, 5.74) is 2.96. The Morgan fingerprint density at radius 1 is 1.36 bits per heavy atom. The molecule has 78 valence electrons. The Labute approximate surface area is 97.9 Å². The number of carboxylic acid groups (broad SMARTS) is 1. The molecular weight excluding hydrogens is 267 g/mol. The van der Waals surface area contributed by atoms with Gasteiger partial charge >= 0.3 is 5.97 Å². The van der Waals surface area contributed by atoms with Crippen molar-refractivity contribution in [3.63, 3.8) is 0 Å². The van der Waals surface area contributed by atoms with Gasteiger partial charge in [0.1, 0.15) is 0 Å². The number of halogens is 2. The van der Waals surface area contributed by atoms with Crippen molar-refractivity contribution in [1.82, 2.24) is 0 Å². The predicted molar refractivity (Wildman–Crippen MR) is 62.2 cm³/mol. The average molecular weight is 280 g/mol. The van der Waals surface area contributed by atoms with E-state index in [0.29, 0.717) is 0 Å². The van der Waals surface area contributed by atoms with E-state index in [9.17, 15) is 4.79 Å². The SMILES string of the molecule is Cc1cc(Br)cc(C)c1CC(=O)O.Cl. The van der Waals surface area contributed by atoms with Crippen LogP contribution in [-0.2, 0) is 11.2 Å². The third kappa shape index (κ3) is 3.31. The van der Waals surface area contributed by atoms with Crippen molar-refractivity contribution >= 4 is 34.3 Å². The van der Waals surface area contributed by atoms with Crippen LogP contribution in [0.15, 0.2) is 16.6 Å². The van der Waals surface area contributed by atoms with Crippen LogP contribution in [0.2, 0.25) is 0 Å². The molecule has 0 aliphatic rings. The maximum atomic E-state index is 10.5. The molecule has 0 aliphatic heterocycles. The molecule has 1 rings (SSSR count). The quantitative estimate of drug-likeness (QED) is 0.903. The van der Waals surface area contributed by atoms with Crippen LogP contribution in [0.3, 0.4) is 0 Å². The number of hydrogen-bond donors (Lipinski definition) is 1. The fraction of sp³-hybridized carbons (Fsp3) is 0.300. The fourth-order valence-corrected chi connectivity index (χ4v) is 2.06. The summed E-state index contributed by atoms with van der Waals surface area (Å²) in [7, 11) is 0. The molecule has 4 heteroatoms. The maximum absolute atomic E-state index is 10.5. The molecule has 0 radical (unpaired) electrons. The van der Waals surface area contributed by atoms with E-state index >= 15 is 0 Å². The normalized spacial score (nSPS) is 9.36. The minimum Gasteiger partial charge on any atom is -0.481 e. The average Bonchev–Trinajstić information content (AvgIpc) is 1.96. The van der Waals surface area contributed by atoms with Crippen LogP contribution in [0, 0.1) is 13.8 Å². The standard InChI is InChI=1S/C10H11BrO2.ClH/c1-6-3-8(11)4-7(2)9(6)5-10(12)13;/h3-4H,5H2,1-2H3,(H,12,13);1H. The minimum absolute atomic E-state index is 0. The molecule has 0 fully saturated rings. The summed E-state index contributed by atoms with van der Waals surface area (Å²) < 4.78 is 0.997. The summed E-state index contributed by atoms with van der Waals surface area (Å²) in [5.74, 6) is -0.784. The van der Waals surface area contributed by atoms with E-state index in [1.807, 2.05) is 26.0 Å². The number of carbonyl (C=O) groups is 1. The molecule has 0 bridgehead atoms. The first-order valence-corrected chi connectivity index (χ1v) is 4.77. The van der Waals surface area contributed by atoms with Crippen LogP contribution in [0.5, 0.6) is 0 Å². The molecule has 0 saturated carbocycles. The van der Waals surface area contributed by atoms with Gasteiger partial charge in [0.05, 0.1) is 6.42 Å². The van der Waals surface area contributed by atoms with Gasteiger partial charge in [-0.15, -0.1) is 12.4 Å². The lowest BCUT2D eigenvalue weighted by Gasteiger charge is -2.07. The molecule has 0 unspecified atom stereocenters. The third-order valence-corrected chi connectivity index (χ3v) is 2.45. The number of aliphatic carboxylic acids is 1. The van der Waals surface area contributed by atoms with Gasteiger partial charge in [0, 0.05) is 4.47 Å². The van der Waals surface area contributed by atoms with Crippen LogP contribution in [0.25, 0.3) is 0 Å². The summed E-state index contributed by atoms with van der Waals surface area (Å²) in [6.07, 6.45) is 0.102. The van der Waals surface area contributed by atoms with E-state index in [-0.39, 0.29) is 18.8 Å². The lowest BCUT2D eigenvalue weighted by atomic mass is 10.0. The number of rotatable bonds is 2. The molecule has 0 heterocycles.